The predicted octanol–water partition coefficient (Wildman–Crippen LogP) is 3.38. The number of nitrogens with one attached hydrogen (secondary N) is 1. The summed E-state index contributed by atoms with van der Waals surface area (Å²) < 4.78 is 0. The van der Waals surface area contributed by atoms with Crippen LogP contribution in [0.25, 0.3) is 0 Å². The molecule has 1 heterocycles. The highest BCUT2D eigenvalue weighted by molar-refractivity contribution is 5.91. The van der Waals surface area contributed by atoms with E-state index >= 15 is 0 Å². The second-order valence-corrected chi connectivity index (χ2v) is 9.88. The number of hydrogen-bond acceptors (Lipinski definition) is 3. The van der Waals surface area contributed by atoms with Gasteiger partial charge in [-0.1, -0.05) is 12.1 Å². The minimum Gasteiger partial charge on any atom is -0.350 e. The number of hydrogen-bond donors (Lipinski definition) is 1. The van der Waals surface area contributed by atoms with E-state index in [2.05, 4.69) is 11.4 Å². The molecule has 1 saturated heterocycles. The Morgan fingerprint density at radius 1 is 1.14 bits per heavy atom. The van der Waals surface area contributed by atoms with Gasteiger partial charge >= 0.3 is 0 Å². The number of carbonyl (C=O) groups excluding carboxylic acids is 2. The average molecular weight is 392 g/mol. The van der Waals surface area contributed by atoms with Crippen molar-refractivity contribution in [1.29, 1.82) is 5.26 Å². The molecule has 0 radical (unpaired) electrons. The summed E-state index contributed by atoms with van der Waals surface area (Å²) in [7, 11) is 0. The van der Waals surface area contributed by atoms with Crippen LogP contribution >= 0.6 is 0 Å². The Labute approximate surface area is 172 Å². The quantitative estimate of drug-likeness (QED) is 0.855. The topological polar surface area (TPSA) is 73.2 Å². The minimum absolute atomic E-state index is 0.0528. The molecule has 1 unspecified atom stereocenters. The summed E-state index contributed by atoms with van der Waals surface area (Å²) in [6.45, 7) is 1.10. The second-order valence-electron chi connectivity index (χ2n) is 9.88. The fourth-order valence-corrected chi connectivity index (χ4v) is 7.02. The molecule has 1 aliphatic heterocycles. The van der Waals surface area contributed by atoms with E-state index in [4.69, 9.17) is 5.26 Å². The lowest BCUT2D eigenvalue weighted by atomic mass is 9.49. The fraction of sp³-hybridized carbons (Fsp3) is 0.625. The van der Waals surface area contributed by atoms with Gasteiger partial charge in [-0.2, -0.15) is 5.26 Å². The molecule has 5 fully saturated rings. The third-order valence-electron chi connectivity index (χ3n) is 7.83. The second kappa shape index (κ2) is 7.16. The maximum absolute atomic E-state index is 13.7. The first-order valence-corrected chi connectivity index (χ1v) is 11.1. The molecular formula is C24H29N3O2. The number of rotatable bonds is 4. The van der Waals surface area contributed by atoms with Crippen molar-refractivity contribution >= 4 is 11.8 Å². The van der Waals surface area contributed by atoms with Crippen molar-refractivity contribution in [3.8, 4) is 6.07 Å². The standard InChI is InChI=1S/C24H29N3O2/c25-14-16-3-1-4-17(7-16)15-26-22(28)21-5-2-6-27(21)23(29)24-11-18-8-19(12-24)10-20(9-18)13-24/h1,3-4,7,18-21H,2,5-6,8-13,15H2,(H,26,28). The van der Waals surface area contributed by atoms with Crippen LogP contribution in [0.5, 0.6) is 0 Å². The smallest absolute Gasteiger partial charge is 0.243 e. The third kappa shape index (κ3) is 3.33. The summed E-state index contributed by atoms with van der Waals surface area (Å²) in [5.41, 5.74) is 1.32. The van der Waals surface area contributed by atoms with Crippen LogP contribution in [-0.4, -0.2) is 29.3 Å². The highest BCUT2D eigenvalue weighted by atomic mass is 16.2. The molecule has 5 nitrogen and oxygen atoms in total. The Bertz CT molecular complexity index is 836. The summed E-state index contributed by atoms with van der Waals surface area (Å²) in [6, 6.07) is 9.09. The first kappa shape index (κ1) is 18.7. The van der Waals surface area contributed by atoms with Gasteiger partial charge in [-0.05, 0) is 86.8 Å². The zero-order chi connectivity index (χ0) is 20.0. The first-order valence-electron chi connectivity index (χ1n) is 11.1. The zero-order valence-corrected chi connectivity index (χ0v) is 16.9. The van der Waals surface area contributed by atoms with Crippen molar-refractivity contribution in [2.75, 3.05) is 6.54 Å². The van der Waals surface area contributed by atoms with Gasteiger partial charge in [0.05, 0.1) is 17.0 Å². The van der Waals surface area contributed by atoms with E-state index in [9.17, 15) is 9.59 Å². The molecule has 5 heteroatoms. The number of carbonyl (C=O) groups is 2. The lowest BCUT2D eigenvalue weighted by molar-refractivity contribution is -0.160. The van der Waals surface area contributed by atoms with Gasteiger partial charge in [0.15, 0.2) is 0 Å². The Morgan fingerprint density at radius 2 is 1.83 bits per heavy atom. The predicted molar refractivity (Wildman–Crippen MR) is 108 cm³/mol. The van der Waals surface area contributed by atoms with E-state index in [1.165, 1.54) is 19.3 Å². The maximum atomic E-state index is 13.7. The van der Waals surface area contributed by atoms with Crippen LogP contribution in [0.15, 0.2) is 24.3 Å². The molecular weight excluding hydrogens is 362 g/mol. The van der Waals surface area contributed by atoms with E-state index in [0.717, 1.165) is 55.4 Å². The summed E-state index contributed by atoms with van der Waals surface area (Å²) >= 11 is 0. The molecule has 1 aromatic carbocycles. The Morgan fingerprint density at radius 3 is 2.48 bits per heavy atom. The van der Waals surface area contributed by atoms with Gasteiger partial charge in [0.2, 0.25) is 11.8 Å². The molecule has 0 spiro atoms. The first-order chi connectivity index (χ1) is 14.1. The van der Waals surface area contributed by atoms with E-state index in [0.29, 0.717) is 18.7 Å². The molecule has 4 aliphatic carbocycles. The highest BCUT2D eigenvalue weighted by Crippen LogP contribution is 2.60. The molecule has 29 heavy (non-hydrogen) atoms. The fourth-order valence-electron chi connectivity index (χ4n) is 7.02. The van der Waals surface area contributed by atoms with Crippen LogP contribution < -0.4 is 5.32 Å². The van der Waals surface area contributed by atoms with Crippen LogP contribution in [0, 0.1) is 34.5 Å². The van der Waals surface area contributed by atoms with Crippen molar-refractivity contribution < 1.29 is 9.59 Å². The minimum atomic E-state index is -0.338. The molecule has 5 aliphatic rings. The van der Waals surface area contributed by atoms with E-state index in [-0.39, 0.29) is 23.3 Å². The Hall–Kier alpha value is -2.35. The van der Waals surface area contributed by atoms with Gasteiger partial charge in [0.25, 0.3) is 0 Å². The summed E-state index contributed by atoms with van der Waals surface area (Å²) in [5, 5.41) is 12.1. The van der Waals surface area contributed by atoms with Gasteiger partial charge in [0.1, 0.15) is 6.04 Å². The summed E-state index contributed by atoms with van der Waals surface area (Å²) in [4.78, 5) is 28.5. The van der Waals surface area contributed by atoms with Crippen molar-refractivity contribution in [1.82, 2.24) is 10.2 Å². The third-order valence-corrected chi connectivity index (χ3v) is 7.83. The van der Waals surface area contributed by atoms with Crippen molar-refractivity contribution in [3.63, 3.8) is 0 Å². The number of likely N-dealkylation sites (tertiary alicyclic amines) is 1. The van der Waals surface area contributed by atoms with E-state index < -0.39 is 0 Å². The van der Waals surface area contributed by atoms with Crippen LogP contribution in [0.4, 0.5) is 0 Å². The molecule has 1 aromatic rings. The number of nitriles is 1. The lowest BCUT2D eigenvalue weighted by Gasteiger charge is -2.56. The molecule has 2 amide bonds. The summed E-state index contributed by atoms with van der Waals surface area (Å²) in [5.74, 6) is 2.40. The van der Waals surface area contributed by atoms with Crippen molar-refractivity contribution in [2.45, 2.75) is 64.0 Å². The van der Waals surface area contributed by atoms with Crippen molar-refractivity contribution in [3.05, 3.63) is 35.4 Å². The van der Waals surface area contributed by atoms with Gasteiger partial charge in [-0.15, -0.1) is 0 Å². The van der Waals surface area contributed by atoms with Gasteiger partial charge in [-0.25, -0.2) is 0 Å². The molecule has 0 aromatic heterocycles. The SMILES string of the molecule is N#Cc1cccc(CNC(=O)C2CCCN2C(=O)C23CC4CC(CC(C4)C2)C3)c1. The largest absolute Gasteiger partial charge is 0.350 e. The Kier molecular flexibility index (Phi) is 4.61. The van der Waals surface area contributed by atoms with Crippen LogP contribution in [0.1, 0.15) is 62.5 Å². The number of amides is 2. The molecule has 1 atom stereocenters. The van der Waals surface area contributed by atoms with Crippen LogP contribution in [-0.2, 0) is 16.1 Å². The van der Waals surface area contributed by atoms with Crippen LogP contribution in [0.3, 0.4) is 0 Å². The van der Waals surface area contributed by atoms with E-state index in [1.807, 2.05) is 17.0 Å². The monoisotopic (exact) mass is 391 g/mol. The highest BCUT2D eigenvalue weighted by Gasteiger charge is 2.56. The van der Waals surface area contributed by atoms with Crippen molar-refractivity contribution in [2.24, 2.45) is 23.2 Å². The van der Waals surface area contributed by atoms with Crippen LogP contribution in [0.2, 0.25) is 0 Å². The Balaban J connectivity index is 1.27. The molecule has 152 valence electrons. The lowest BCUT2D eigenvalue weighted by Crippen LogP contribution is -2.57. The zero-order valence-electron chi connectivity index (χ0n) is 16.9. The maximum Gasteiger partial charge on any atom is 0.243 e. The molecule has 1 N–H and O–H groups in total. The van der Waals surface area contributed by atoms with Gasteiger partial charge in [0, 0.05) is 13.1 Å². The molecule has 4 bridgehead atoms. The number of benzene rings is 1. The number of nitrogens with zero attached hydrogens (tertiary/aromatic N) is 2. The molecule has 6 rings (SSSR count). The summed E-state index contributed by atoms with van der Waals surface area (Å²) in [6.07, 6.45) is 8.74. The van der Waals surface area contributed by atoms with Gasteiger partial charge in [-0.3, -0.25) is 9.59 Å². The van der Waals surface area contributed by atoms with Gasteiger partial charge < -0.3 is 10.2 Å². The van der Waals surface area contributed by atoms with E-state index in [1.54, 1.807) is 12.1 Å². The normalized spacial score (nSPS) is 34.8. The average Bonchev–Trinajstić information content (AvgIpc) is 3.20. The molecule has 4 saturated carbocycles.